The molecular weight excluding hydrogens is 342 g/mol. The Morgan fingerprint density at radius 2 is 1.88 bits per heavy atom. The van der Waals surface area contributed by atoms with Crippen molar-refractivity contribution < 1.29 is 9.59 Å². The average molecular weight is 364 g/mol. The molecule has 0 fully saturated rings. The highest BCUT2D eigenvalue weighted by atomic mass is 32.2. The first kappa shape index (κ1) is 18.5. The lowest BCUT2D eigenvalue weighted by molar-refractivity contribution is -0.113. The molecule has 24 heavy (non-hydrogen) atoms. The summed E-state index contributed by atoms with van der Waals surface area (Å²) in [5, 5.41) is 4.80. The highest BCUT2D eigenvalue weighted by molar-refractivity contribution is 8.01. The van der Waals surface area contributed by atoms with Crippen LogP contribution in [0.3, 0.4) is 0 Å². The van der Waals surface area contributed by atoms with Gasteiger partial charge in [0.1, 0.15) is 0 Å². The van der Waals surface area contributed by atoms with Crippen molar-refractivity contribution in [1.29, 1.82) is 0 Å². The van der Waals surface area contributed by atoms with Gasteiger partial charge in [-0.3, -0.25) is 9.59 Å². The zero-order valence-electron chi connectivity index (χ0n) is 14.0. The minimum absolute atomic E-state index is 0.00701. The molecule has 0 saturated heterocycles. The second-order valence-corrected chi connectivity index (χ2v) is 7.23. The molecule has 0 atom stereocenters. The summed E-state index contributed by atoms with van der Waals surface area (Å²) in [5.74, 6) is 0.232. The second-order valence-electron chi connectivity index (χ2n) is 5.15. The van der Waals surface area contributed by atoms with E-state index in [9.17, 15) is 9.59 Å². The standard InChI is InChI=1S/C17H21N3O2S2/c1-4-20(5-2)16(22)13-6-8-14(9-7-13)19-15(21)11-24-17-18-12(3)10-23-17/h6-10H,4-5,11H2,1-3H3,(H,19,21). The van der Waals surface area contributed by atoms with Crippen LogP contribution in [0.2, 0.25) is 0 Å². The van der Waals surface area contributed by atoms with Crippen LogP contribution in [0.1, 0.15) is 29.9 Å². The van der Waals surface area contributed by atoms with E-state index in [0.717, 1.165) is 10.0 Å². The van der Waals surface area contributed by atoms with Crippen molar-refractivity contribution in [3.8, 4) is 0 Å². The maximum Gasteiger partial charge on any atom is 0.253 e. The van der Waals surface area contributed by atoms with Crippen molar-refractivity contribution in [2.45, 2.75) is 25.1 Å². The molecule has 2 rings (SSSR count). The molecule has 0 saturated carbocycles. The maximum absolute atomic E-state index is 12.2. The molecule has 1 N–H and O–H groups in total. The molecule has 1 aromatic heterocycles. The van der Waals surface area contributed by atoms with Gasteiger partial charge in [0.2, 0.25) is 5.91 Å². The van der Waals surface area contributed by atoms with Crippen LogP contribution in [0.15, 0.2) is 34.0 Å². The number of carbonyl (C=O) groups is 2. The Kier molecular flexibility index (Phi) is 6.81. The van der Waals surface area contributed by atoms with E-state index < -0.39 is 0 Å². The molecule has 0 aliphatic rings. The lowest BCUT2D eigenvalue weighted by atomic mass is 10.2. The number of thiazole rings is 1. The number of anilines is 1. The summed E-state index contributed by atoms with van der Waals surface area (Å²) in [6.45, 7) is 7.21. The van der Waals surface area contributed by atoms with Crippen molar-refractivity contribution in [2.24, 2.45) is 0 Å². The van der Waals surface area contributed by atoms with E-state index in [2.05, 4.69) is 10.3 Å². The Labute approximate surface area is 150 Å². The highest BCUT2D eigenvalue weighted by Gasteiger charge is 2.12. The van der Waals surface area contributed by atoms with E-state index in [0.29, 0.717) is 30.1 Å². The normalized spacial score (nSPS) is 10.5. The largest absolute Gasteiger partial charge is 0.339 e. The Balaban J connectivity index is 1.88. The van der Waals surface area contributed by atoms with E-state index >= 15 is 0 Å². The summed E-state index contributed by atoms with van der Waals surface area (Å²) in [6, 6.07) is 7.00. The van der Waals surface area contributed by atoms with Gasteiger partial charge in [-0.05, 0) is 45.0 Å². The third kappa shape index (κ3) is 5.07. The minimum atomic E-state index is -0.0873. The van der Waals surface area contributed by atoms with Gasteiger partial charge in [-0.2, -0.15) is 0 Å². The summed E-state index contributed by atoms with van der Waals surface area (Å²) < 4.78 is 0.891. The summed E-state index contributed by atoms with van der Waals surface area (Å²) in [6.07, 6.45) is 0. The zero-order valence-corrected chi connectivity index (χ0v) is 15.7. The Morgan fingerprint density at radius 3 is 2.42 bits per heavy atom. The molecular formula is C17H21N3O2S2. The number of rotatable bonds is 7. The van der Waals surface area contributed by atoms with Gasteiger partial charge in [-0.1, -0.05) is 11.8 Å². The number of nitrogens with zero attached hydrogens (tertiary/aromatic N) is 2. The summed E-state index contributed by atoms with van der Waals surface area (Å²) in [7, 11) is 0. The van der Waals surface area contributed by atoms with Crippen LogP contribution < -0.4 is 5.32 Å². The predicted molar refractivity (Wildman–Crippen MR) is 99.9 cm³/mol. The smallest absolute Gasteiger partial charge is 0.253 e. The van der Waals surface area contributed by atoms with Crippen LogP contribution in [0.25, 0.3) is 0 Å². The summed E-state index contributed by atoms with van der Waals surface area (Å²) in [4.78, 5) is 30.3. The van der Waals surface area contributed by atoms with Crippen LogP contribution in [0.4, 0.5) is 5.69 Å². The molecule has 1 heterocycles. The van der Waals surface area contributed by atoms with Crippen LogP contribution in [-0.2, 0) is 4.79 Å². The number of aromatic nitrogens is 1. The molecule has 0 aliphatic carbocycles. The molecule has 0 spiro atoms. The molecule has 7 heteroatoms. The summed E-state index contributed by atoms with van der Waals surface area (Å²) >= 11 is 2.96. The Hall–Kier alpha value is -1.86. The quantitative estimate of drug-likeness (QED) is 0.763. The van der Waals surface area contributed by atoms with Crippen LogP contribution in [0.5, 0.6) is 0 Å². The monoisotopic (exact) mass is 363 g/mol. The first-order valence-corrected chi connectivity index (χ1v) is 9.64. The van der Waals surface area contributed by atoms with Gasteiger partial charge in [0.25, 0.3) is 5.91 Å². The van der Waals surface area contributed by atoms with Crippen molar-refractivity contribution in [3.05, 3.63) is 40.9 Å². The number of carbonyl (C=O) groups excluding carboxylic acids is 2. The molecule has 2 aromatic rings. The topological polar surface area (TPSA) is 62.3 Å². The second kappa shape index (κ2) is 8.84. The zero-order chi connectivity index (χ0) is 17.5. The fourth-order valence-corrected chi connectivity index (χ4v) is 3.76. The number of hydrogen-bond acceptors (Lipinski definition) is 5. The van der Waals surface area contributed by atoms with Gasteiger partial charge in [0, 0.05) is 35.4 Å². The lowest BCUT2D eigenvalue weighted by Crippen LogP contribution is -2.30. The van der Waals surface area contributed by atoms with Crippen LogP contribution in [-0.4, -0.2) is 40.5 Å². The minimum Gasteiger partial charge on any atom is -0.339 e. The highest BCUT2D eigenvalue weighted by Crippen LogP contribution is 2.22. The van der Waals surface area contributed by atoms with E-state index in [1.54, 1.807) is 29.2 Å². The summed E-state index contributed by atoms with van der Waals surface area (Å²) in [5.41, 5.74) is 2.28. The van der Waals surface area contributed by atoms with Crippen molar-refractivity contribution in [3.63, 3.8) is 0 Å². The molecule has 0 aliphatic heterocycles. The number of nitrogens with one attached hydrogen (secondary N) is 1. The molecule has 0 radical (unpaired) electrons. The Morgan fingerprint density at radius 1 is 1.21 bits per heavy atom. The average Bonchev–Trinajstić information content (AvgIpc) is 3.00. The van der Waals surface area contributed by atoms with Gasteiger partial charge in [0.15, 0.2) is 4.34 Å². The van der Waals surface area contributed by atoms with Crippen LogP contribution in [0, 0.1) is 6.92 Å². The number of amides is 2. The first-order valence-electron chi connectivity index (χ1n) is 7.77. The molecule has 2 amide bonds. The van der Waals surface area contributed by atoms with E-state index in [-0.39, 0.29) is 11.8 Å². The van der Waals surface area contributed by atoms with Gasteiger partial charge >= 0.3 is 0 Å². The van der Waals surface area contributed by atoms with Gasteiger partial charge in [-0.15, -0.1) is 11.3 Å². The van der Waals surface area contributed by atoms with Gasteiger partial charge < -0.3 is 10.2 Å². The third-order valence-corrected chi connectivity index (χ3v) is 5.53. The lowest BCUT2D eigenvalue weighted by Gasteiger charge is -2.18. The molecule has 0 unspecified atom stereocenters. The predicted octanol–water partition coefficient (Wildman–Crippen LogP) is 3.66. The fraction of sp³-hybridized carbons (Fsp3) is 0.353. The SMILES string of the molecule is CCN(CC)C(=O)c1ccc(NC(=O)CSc2nc(C)cs2)cc1. The van der Waals surface area contributed by atoms with E-state index in [4.69, 9.17) is 0 Å². The van der Waals surface area contributed by atoms with Crippen molar-refractivity contribution in [1.82, 2.24) is 9.88 Å². The van der Waals surface area contributed by atoms with Gasteiger partial charge in [0.05, 0.1) is 5.75 Å². The molecule has 0 bridgehead atoms. The van der Waals surface area contributed by atoms with Crippen molar-refractivity contribution >= 4 is 40.6 Å². The van der Waals surface area contributed by atoms with Gasteiger partial charge in [-0.25, -0.2) is 4.98 Å². The molecule has 128 valence electrons. The molecule has 5 nitrogen and oxygen atoms in total. The third-order valence-electron chi connectivity index (χ3n) is 3.39. The molecule has 1 aromatic carbocycles. The van der Waals surface area contributed by atoms with E-state index in [1.807, 2.05) is 26.2 Å². The fourth-order valence-electron chi connectivity index (χ4n) is 2.11. The van der Waals surface area contributed by atoms with E-state index in [1.165, 1.54) is 23.1 Å². The first-order chi connectivity index (χ1) is 11.5. The maximum atomic E-state index is 12.2. The Bertz CT molecular complexity index is 694. The number of benzene rings is 1. The number of thioether (sulfide) groups is 1. The van der Waals surface area contributed by atoms with Crippen molar-refractivity contribution in [2.75, 3.05) is 24.2 Å². The number of aryl methyl sites for hydroxylation is 1. The van der Waals surface area contributed by atoms with Crippen LogP contribution >= 0.6 is 23.1 Å². The number of hydrogen-bond donors (Lipinski definition) is 1.